The molecule has 0 aliphatic carbocycles. The van der Waals surface area contributed by atoms with Crippen LogP contribution < -0.4 is 9.46 Å². The lowest BCUT2D eigenvalue weighted by Gasteiger charge is -2.11. The van der Waals surface area contributed by atoms with Crippen LogP contribution in [0, 0.1) is 0 Å². The van der Waals surface area contributed by atoms with E-state index in [0.717, 1.165) is 12.0 Å². The van der Waals surface area contributed by atoms with Crippen LogP contribution >= 0.6 is 0 Å². The summed E-state index contributed by atoms with van der Waals surface area (Å²) >= 11 is 0. The van der Waals surface area contributed by atoms with Gasteiger partial charge < -0.3 is 4.74 Å². The molecule has 0 spiro atoms. The number of hydrogen-bond donors (Lipinski definition) is 1. The van der Waals surface area contributed by atoms with Crippen molar-refractivity contribution in [2.45, 2.75) is 31.1 Å². The third-order valence-corrected chi connectivity index (χ3v) is 5.11. The van der Waals surface area contributed by atoms with E-state index in [4.69, 9.17) is 4.74 Å². The van der Waals surface area contributed by atoms with Crippen LogP contribution in [0.3, 0.4) is 0 Å². The van der Waals surface area contributed by atoms with E-state index in [1.165, 1.54) is 0 Å². The van der Waals surface area contributed by atoms with Crippen molar-refractivity contribution in [2.24, 2.45) is 0 Å². The van der Waals surface area contributed by atoms with Crippen molar-refractivity contribution in [3.8, 4) is 5.75 Å². The molecule has 0 aliphatic heterocycles. The summed E-state index contributed by atoms with van der Waals surface area (Å²) < 4.78 is 32.3. The molecule has 2 aromatic carbocycles. The van der Waals surface area contributed by atoms with Gasteiger partial charge in [0.05, 0.1) is 12.0 Å². The summed E-state index contributed by atoms with van der Waals surface area (Å²) in [4.78, 5) is 0.260. The number of methoxy groups -OCH3 is 1. The van der Waals surface area contributed by atoms with Gasteiger partial charge in [-0.3, -0.25) is 4.72 Å². The second-order valence-corrected chi connectivity index (χ2v) is 6.89. The summed E-state index contributed by atoms with van der Waals surface area (Å²) in [7, 11) is -2.01. The molecule has 1 unspecified atom stereocenters. The van der Waals surface area contributed by atoms with Crippen molar-refractivity contribution in [1.29, 1.82) is 0 Å². The SMILES string of the molecule is CCC(C)c1ccc(S(=O)(=O)Nc2ccc(OC)cc2)cc1. The van der Waals surface area contributed by atoms with Crippen LogP contribution in [0.5, 0.6) is 5.75 Å². The molecule has 0 bridgehead atoms. The summed E-state index contributed by atoms with van der Waals surface area (Å²) in [5, 5.41) is 0. The number of rotatable bonds is 6. The lowest BCUT2D eigenvalue weighted by Crippen LogP contribution is -2.13. The zero-order valence-corrected chi connectivity index (χ0v) is 13.9. The summed E-state index contributed by atoms with van der Waals surface area (Å²) in [6, 6.07) is 13.8. The normalized spacial score (nSPS) is 12.7. The fourth-order valence-electron chi connectivity index (χ4n) is 2.08. The molecule has 0 radical (unpaired) electrons. The molecule has 5 heteroatoms. The van der Waals surface area contributed by atoms with Crippen LogP contribution in [0.2, 0.25) is 0 Å². The maximum atomic E-state index is 12.4. The molecule has 22 heavy (non-hydrogen) atoms. The van der Waals surface area contributed by atoms with Gasteiger partial charge >= 0.3 is 0 Å². The zero-order chi connectivity index (χ0) is 16.2. The smallest absolute Gasteiger partial charge is 0.261 e. The Balaban J connectivity index is 2.18. The van der Waals surface area contributed by atoms with E-state index in [2.05, 4.69) is 18.6 Å². The molecule has 0 aliphatic rings. The van der Waals surface area contributed by atoms with Gasteiger partial charge in [0.2, 0.25) is 0 Å². The maximum absolute atomic E-state index is 12.4. The van der Waals surface area contributed by atoms with E-state index >= 15 is 0 Å². The molecule has 0 saturated carbocycles. The minimum atomic E-state index is -3.57. The Kier molecular flexibility index (Phi) is 5.08. The Morgan fingerprint density at radius 2 is 1.64 bits per heavy atom. The predicted octanol–water partition coefficient (Wildman–Crippen LogP) is 4.01. The lowest BCUT2D eigenvalue weighted by molar-refractivity contribution is 0.415. The molecule has 0 saturated heterocycles. The molecule has 1 atom stereocenters. The Bertz CT molecular complexity index is 707. The average Bonchev–Trinajstić information content (AvgIpc) is 2.54. The second kappa shape index (κ2) is 6.83. The zero-order valence-electron chi connectivity index (χ0n) is 13.0. The first-order chi connectivity index (χ1) is 10.5. The first-order valence-corrected chi connectivity index (χ1v) is 8.71. The third kappa shape index (κ3) is 3.80. The first kappa shape index (κ1) is 16.4. The number of benzene rings is 2. The Morgan fingerprint density at radius 1 is 1.05 bits per heavy atom. The molecule has 118 valence electrons. The summed E-state index contributed by atoms with van der Waals surface area (Å²) in [6.45, 7) is 4.24. The molecular weight excluding hydrogens is 298 g/mol. The molecule has 0 heterocycles. The largest absolute Gasteiger partial charge is 0.497 e. The van der Waals surface area contributed by atoms with E-state index in [1.807, 2.05) is 12.1 Å². The number of ether oxygens (including phenoxy) is 1. The highest BCUT2D eigenvalue weighted by molar-refractivity contribution is 7.92. The van der Waals surface area contributed by atoms with Crippen LogP contribution in [0.15, 0.2) is 53.4 Å². The Hall–Kier alpha value is -2.01. The second-order valence-electron chi connectivity index (χ2n) is 5.21. The molecule has 2 aromatic rings. The molecule has 0 amide bonds. The van der Waals surface area contributed by atoms with Gasteiger partial charge in [0.15, 0.2) is 0 Å². The highest BCUT2D eigenvalue weighted by Gasteiger charge is 2.14. The minimum Gasteiger partial charge on any atom is -0.497 e. The number of sulfonamides is 1. The van der Waals surface area contributed by atoms with Gasteiger partial charge in [-0.05, 0) is 54.3 Å². The van der Waals surface area contributed by atoms with Gasteiger partial charge in [-0.2, -0.15) is 0 Å². The van der Waals surface area contributed by atoms with Crippen LogP contribution in [0.1, 0.15) is 31.7 Å². The van der Waals surface area contributed by atoms with Gasteiger partial charge in [-0.25, -0.2) is 8.42 Å². The third-order valence-electron chi connectivity index (χ3n) is 3.71. The van der Waals surface area contributed by atoms with Gasteiger partial charge in [0, 0.05) is 5.69 Å². The van der Waals surface area contributed by atoms with Crippen molar-refractivity contribution in [3.05, 3.63) is 54.1 Å². The fourth-order valence-corrected chi connectivity index (χ4v) is 3.14. The highest BCUT2D eigenvalue weighted by atomic mass is 32.2. The number of anilines is 1. The lowest BCUT2D eigenvalue weighted by atomic mass is 9.99. The topological polar surface area (TPSA) is 55.4 Å². The van der Waals surface area contributed by atoms with E-state index < -0.39 is 10.0 Å². The van der Waals surface area contributed by atoms with Crippen LogP contribution in [0.4, 0.5) is 5.69 Å². The standard InChI is InChI=1S/C17H21NO3S/c1-4-13(2)14-5-11-17(12-6-14)22(19,20)18-15-7-9-16(21-3)10-8-15/h5-13,18H,4H2,1-3H3. The summed E-state index contributed by atoms with van der Waals surface area (Å²) in [5.41, 5.74) is 1.65. The van der Waals surface area contributed by atoms with Crippen molar-refractivity contribution in [2.75, 3.05) is 11.8 Å². The van der Waals surface area contributed by atoms with E-state index in [0.29, 0.717) is 17.4 Å². The van der Waals surface area contributed by atoms with E-state index in [1.54, 1.807) is 43.5 Å². The quantitative estimate of drug-likeness (QED) is 0.875. The molecule has 2 rings (SSSR count). The fraction of sp³-hybridized carbons (Fsp3) is 0.294. The van der Waals surface area contributed by atoms with Crippen LogP contribution in [-0.4, -0.2) is 15.5 Å². The summed E-state index contributed by atoms with van der Waals surface area (Å²) in [6.07, 6.45) is 1.02. The first-order valence-electron chi connectivity index (χ1n) is 7.23. The van der Waals surface area contributed by atoms with Crippen LogP contribution in [0.25, 0.3) is 0 Å². The molecule has 0 fully saturated rings. The van der Waals surface area contributed by atoms with Crippen LogP contribution in [-0.2, 0) is 10.0 Å². The van der Waals surface area contributed by atoms with Crippen molar-refractivity contribution in [3.63, 3.8) is 0 Å². The minimum absolute atomic E-state index is 0.260. The van der Waals surface area contributed by atoms with E-state index in [-0.39, 0.29) is 4.90 Å². The summed E-state index contributed by atoms with van der Waals surface area (Å²) in [5.74, 6) is 1.10. The molecule has 0 aromatic heterocycles. The monoisotopic (exact) mass is 319 g/mol. The molecule has 1 N–H and O–H groups in total. The van der Waals surface area contributed by atoms with Gasteiger partial charge in [0.25, 0.3) is 10.0 Å². The maximum Gasteiger partial charge on any atom is 0.261 e. The average molecular weight is 319 g/mol. The molecule has 4 nitrogen and oxygen atoms in total. The molecular formula is C17H21NO3S. The van der Waals surface area contributed by atoms with Crippen molar-refractivity contribution >= 4 is 15.7 Å². The van der Waals surface area contributed by atoms with Crippen molar-refractivity contribution < 1.29 is 13.2 Å². The Labute approximate surface area is 132 Å². The number of nitrogens with one attached hydrogen (secondary N) is 1. The van der Waals surface area contributed by atoms with Gasteiger partial charge in [-0.1, -0.05) is 26.0 Å². The predicted molar refractivity (Wildman–Crippen MR) is 89.0 cm³/mol. The van der Waals surface area contributed by atoms with E-state index in [9.17, 15) is 8.42 Å². The number of hydrogen-bond acceptors (Lipinski definition) is 3. The Morgan fingerprint density at radius 3 is 2.14 bits per heavy atom. The van der Waals surface area contributed by atoms with Crippen molar-refractivity contribution in [1.82, 2.24) is 0 Å². The highest BCUT2D eigenvalue weighted by Crippen LogP contribution is 2.22. The van der Waals surface area contributed by atoms with Gasteiger partial charge in [-0.15, -0.1) is 0 Å². The van der Waals surface area contributed by atoms with Gasteiger partial charge in [0.1, 0.15) is 5.75 Å².